The molecule has 61 valence electrons. The highest BCUT2D eigenvalue weighted by Crippen LogP contribution is 2.19. The van der Waals surface area contributed by atoms with Gasteiger partial charge in [-0.2, -0.15) is 0 Å². The first-order chi connectivity index (χ1) is 5.70. The van der Waals surface area contributed by atoms with E-state index in [2.05, 4.69) is 12.6 Å². The van der Waals surface area contributed by atoms with Crippen molar-refractivity contribution in [2.75, 3.05) is 0 Å². The van der Waals surface area contributed by atoms with Crippen LogP contribution in [0.1, 0.15) is 6.92 Å². The lowest BCUT2D eigenvalue weighted by Gasteiger charge is -1.97. The number of hydrogen-bond donors (Lipinski definition) is 0. The van der Waals surface area contributed by atoms with Crippen LogP contribution in [0.2, 0.25) is 0 Å². The second-order valence-corrected chi connectivity index (χ2v) is 3.41. The van der Waals surface area contributed by atoms with Gasteiger partial charge in [0.15, 0.2) is 0 Å². The van der Waals surface area contributed by atoms with Gasteiger partial charge in [0.05, 0.1) is 0 Å². The molecule has 0 amide bonds. The fourth-order valence-corrected chi connectivity index (χ4v) is 1.27. The first-order valence-corrected chi connectivity index (χ1v) is 4.36. The van der Waals surface area contributed by atoms with Crippen LogP contribution in [0.25, 0.3) is 0 Å². The van der Waals surface area contributed by atoms with Crippen LogP contribution in [0, 0.1) is 6.07 Å². The Labute approximate surface area is 76.5 Å². The van der Waals surface area contributed by atoms with Crippen LogP contribution in [0.5, 0.6) is 0 Å². The second-order valence-electron chi connectivity index (χ2n) is 2.40. The molecule has 0 fully saturated rings. The average Bonchev–Trinajstić information content (AvgIpc) is 2.06. The van der Waals surface area contributed by atoms with E-state index in [0.29, 0.717) is 5.57 Å². The summed E-state index contributed by atoms with van der Waals surface area (Å²) in [5.74, 6) is 0. The third kappa shape index (κ3) is 2.55. The zero-order valence-corrected chi connectivity index (χ0v) is 7.65. The quantitative estimate of drug-likeness (QED) is 0.510. The summed E-state index contributed by atoms with van der Waals surface area (Å²) in [4.78, 5) is 12.0. The Bertz CT molecular complexity index is 290. The fourth-order valence-electron chi connectivity index (χ4n) is 0.627. The molecule has 0 saturated carbocycles. The van der Waals surface area contributed by atoms with Gasteiger partial charge in [0.2, 0.25) is 5.12 Å². The van der Waals surface area contributed by atoms with Crippen molar-refractivity contribution in [2.24, 2.45) is 0 Å². The summed E-state index contributed by atoms with van der Waals surface area (Å²) in [6, 6.07) is 10.3. The van der Waals surface area contributed by atoms with Crippen molar-refractivity contribution in [3.05, 3.63) is 42.5 Å². The van der Waals surface area contributed by atoms with Gasteiger partial charge < -0.3 is 0 Å². The molecule has 0 heterocycles. The van der Waals surface area contributed by atoms with E-state index in [0.717, 1.165) is 16.7 Å². The summed E-state index contributed by atoms with van der Waals surface area (Å²) in [6.07, 6.45) is 0. The van der Waals surface area contributed by atoms with Crippen molar-refractivity contribution in [3.63, 3.8) is 0 Å². The standard InChI is InChI=1S/C10H9OS/c1-8(2)10(11)12-9-6-4-3-5-7-9/h3-6H,1H2,2H3. The normalized spacial score (nSPS) is 9.42. The van der Waals surface area contributed by atoms with Gasteiger partial charge in [0, 0.05) is 4.90 Å². The monoisotopic (exact) mass is 177 g/mol. The Morgan fingerprint density at radius 3 is 2.83 bits per heavy atom. The molecule has 0 aromatic heterocycles. The lowest BCUT2D eigenvalue weighted by Crippen LogP contribution is -1.90. The van der Waals surface area contributed by atoms with E-state index in [1.54, 1.807) is 13.0 Å². The van der Waals surface area contributed by atoms with E-state index in [1.165, 1.54) is 0 Å². The number of benzene rings is 1. The molecule has 0 N–H and O–H groups in total. The van der Waals surface area contributed by atoms with Gasteiger partial charge in [-0.25, -0.2) is 0 Å². The van der Waals surface area contributed by atoms with Gasteiger partial charge in [0.25, 0.3) is 0 Å². The minimum absolute atomic E-state index is 0.00236. The lowest BCUT2D eigenvalue weighted by atomic mass is 10.4. The van der Waals surface area contributed by atoms with E-state index >= 15 is 0 Å². The van der Waals surface area contributed by atoms with Gasteiger partial charge in [-0.1, -0.05) is 24.8 Å². The zero-order chi connectivity index (χ0) is 8.97. The van der Waals surface area contributed by atoms with Crippen molar-refractivity contribution < 1.29 is 4.79 Å². The average molecular weight is 177 g/mol. The number of rotatable bonds is 2. The van der Waals surface area contributed by atoms with Crippen molar-refractivity contribution in [1.82, 2.24) is 0 Å². The first kappa shape index (κ1) is 9.07. The largest absolute Gasteiger partial charge is 0.282 e. The highest BCUT2D eigenvalue weighted by atomic mass is 32.2. The van der Waals surface area contributed by atoms with E-state index in [-0.39, 0.29) is 5.12 Å². The lowest BCUT2D eigenvalue weighted by molar-refractivity contribution is -0.107. The van der Waals surface area contributed by atoms with E-state index in [1.807, 2.05) is 18.2 Å². The molecule has 1 nitrogen and oxygen atoms in total. The number of thioether (sulfide) groups is 1. The van der Waals surface area contributed by atoms with Crippen LogP contribution in [-0.2, 0) is 4.79 Å². The predicted octanol–water partition coefficient (Wildman–Crippen LogP) is 2.68. The van der Waals surface area contributed by atoms with Crippen molar-refractivity contribution in [2.45, 2.75) is 11.8 Å². The van der Waals surface area contributed by atoms with Crippen molar-refractivity contribution in [1.29, 1.82) is 0 Å². The maximum Gasteiger partial charge on any atom is 0.219 e. The minimum atomic E-state index is -0.00236. The van der Waals surface area contributed by atoms with Gasteiger partial charge in [-0.3, -0.25) is 4.79 Å². The molecule has 1 radical (unpaired) electrons. The molecule has 0 bridgehead atoms. The van der Waals surface area contributed by atoms with Crippen LogP contribution in [0.15, 0.2) is 41.3 Å². The molecule has 1 rings (SSSR count). The smallest absolute Gasteiger partial charge is 0.219 e. The molecule has 0 saturated heterocycles. The maximum absolute atomic E-state index is 11.2. The molecule has 2 heteroatoms. The molecule has 1 aromatic rings. The topological polar surface area (TPSA) is 17.1 Å². The van der Waals surface area contributed by atoms with Gasteiger partial charge >= 0.3 is 0 Å². The molecular formula is C10H9OS. The van der Waals surface area contributed by atoms with Crippen molar-refractivity contribution in [3.8, 4) is 0 Å². The van der Waals surface area contributed by atoms with Crippen LogP contribution in [-0.4, -0.2) is 5.12 Å². The number of carbonyl (C=O) groups is 1. The first-order valence-electron chi connectivity index (χ1n) is 3.54. The molecule has 0 aliphatic rings. The van der Waals surface area contributed by atoms with Crippen LogP contribution in [0.3, 0.4) is 0 Å². The van der Waals surface area contributed by atoms with Gasteiger partial charge in [-0.05, 0) is 36.4 Å². The minimum Gasteiger partial charge on any atom is -0.282 e. The summed E-state index contributed by atoms with van der Waals surface area (Å²) in [6.45, 7) is 5.27. The molecule has 12 heavy (non-hydrogen) atoms. The molecule has 0 aliphatic heterocycles. The summed E-state index contributed by atoms with van der Waals surface area (Å²) in [5.41, 5.74) is 0.567. The highest BCUT2D eigenvalue weighted by Gasteiger charge is 2.03. The van der Waals surface area contributed by atoms with Crippen molar-refractivity contribution >= 4 is 16.9 Å². The Balaban J connectivity index is 2.65. The fraction of sp³-hybridized carbons (Fsp3) is 0.100. The van der Waals surface area contributed by atoms with Gasteiger partial charge in [-0.15, -0.1) is 0 Å². The Morgan fingerprint density at radius 1 is 1.58 bits per heavy atom. The predicted molar refractivity (Wildman–Crippen MR) is 51.0 cm³/mol. The number of carbonyl (C=O) groups excluding carboxylic acids is 1. The summed E-state index contributed by atoms with van der Waals surface area (Å²) in [7, 11) is 0. The number of hydrogen-bond acceptors (Lipinski definition) is 2. The van der Waals surface area contributed by atoms with Crippen LogP contribution < -0.4 is 0 Å². The summed E-state index contributed by atoms with van der Waals surface area (Å²) < 4.78 is 0. The molecule has 0 atom stereocenters. The molecule has 0 spiro atoms. The van der Waals surface area contributed by atoms with E-state index in [9.17, 15) is 4.79 Å². The van der Waals surface area contributed by atoms with E-state index in [4.69, 9.17) is 0 Å². The third-order valence-corrected chi connectivity index (χ3v) is 2.24. The second kappa shape index (κ2) is 4.12. The Morgan fingerprint density at radius 2 is 2.33 bits per heavy atom. The molecule has 0 aliphatic carbocycles. The summed E-state index contributed by atoms with van der Waals surface area (Å²) >= 11 is 1.16. The zero-order valence-electron chi connectivity index (χ0n) is 6.83. The Kier molecular flexibility index (Phi) is 3.11. The highest BCUT2D eigenvalue weighted by molar-refractivity contribution is 8.14. The van der Waals surface area contributed by atoms with E-state index < -0.39 is 0 Å². The molecule has 1 aromatic carbocycles. The van der Waals surface area contributed by atoms with Gasteiger partial charge in [0.1, 0.15) is 0 Å². The van der Waals surface area contributed by atoms with Crippen LogP contribution in [0.4, 0.5) is 0 Å². The maximum atomic E-state index is 11.2. The SMILES string of the molecule is C=C(C)C(=O)Sc1[c]cccc1. The molecular weight excluding hydrogens is 168 g/mol. The Hall–Kier alpha value is -1.02. The van der Waals surface area contributed by atoms with Crippen LogP contribution >= 0.6 is 11.8 Å². The summed E-state index contributed by atoms with van der Waals surface area (Å²) in [5, 5.41) is -0.00236. The molecule has 0 unspecified atom stereocenters. The third-order valence-electron chi connectivity index (χ3n) is 1.23.